The number of rotatable bonds is 6. The lowest BCUT2D eigenvalue weighted by atomic mass is 10.1. The van der Waals surface area contributed by atoms with Crippen LogP contribution in [0.25, 0.3) is 0 Å². The Morgan fingerprint density at radius 3 is 2.87 bits per heavy atom. The van der Waals surface area contributed by atoms with Crippen molar-refractivity contribution < 1.29 is 9.84 Å². The van der Waals surface area contributed by atoms with Crippen LogP contribution in [-0.2, 0) is 0 Å². The highest BCUT2D eigenvalue weighted by molar-refractivity contribution is 9.10. The highest BCUT2D eigenvalue weighted by atomic mass is 79.9. The van der Waals surface area contributed by atoms with Crippen LogP contribution in [0.3, 0.4) is 0 Å². The van der Waals surface area contributed by atoms with Gasteiger partial charge >= 0.3 is 0 Å². The zero-order chi connectivity index (χ0) is 11.1. The normalized spacial score (nSPS) is 12.5. The van der Waals surface area contributed by atoms with Crippen LogP contribution in [0.4, 0.5) is 0 Å². The van der Waals surface area contributed by atoms with E-state index in [1.807, 2.05) is 24.3 Å². The Morgan fingerprint density at radius 1 is 1.47 bits per heavy atom. The monoisotopic (exact) mass is 273 g/mol. The summed E-state index contributed by atoms with van der Waals surface area (Å²) in [4.78, 5) is 0. The maximum absolute atomic E-state index is 8.92. The van der Waals surface area contributed by atoms with Gasteiger partial charge in [0.25, 0.3) is 0 Å². The van der Waals surface area contributed by atoms with Crippen LogP contribution in [0.15, 0.2) is 28.7 Å². The quantitative estimate of drug-likeness (QED) is 0.831. The third-order valence-electron chi connectivity index (χ3n) is 2.18. The molecule has 0 bridgehead atoms. The van der Waals surface area contributed by atoms with Gasteiger partial charge in [0, 0.05) is 11.1 Å². The second-order valence-corrected chi connectivity index (χ2v) is 4.29. The van der Waals surface area contributed by atoms with Gasteiger partial charge in [-0.2, -0.15) is 0 Å². The number of halogens is 1. The van der Waals surface area contributed by atoms with E-state index in [-0.39, 0.29) is 12.5 Å². The fourth-order valence-electron chi connectivity index (χ4n) is 1.18. The molecular formula is C11H16BrNO2. The van der Waals surface area contributed by atoms with Crippen molar-refractivity contribution in [1.29, 1.82) is 0 Å². The molecule has 3 nitrogen and oxygen atoms in total. The predicted octanol–water partition coefficient (Wildman–Crippen LogP) is 1.79. The molecular weight excluding hydrogens is 258 g/mol. The van der Waals surface area contributed by atoms with Crippen LogP contribution >= 0.6 is 15.9 Å². The molecule has 1 atom stereocenters. The van der Waals surface area contributed by atoms with Crippen molar-refractivity contribution >= 4 is 15.9 Å². The molecule has 4 heteroatoms. The van der Waals surface area contributed by atoms with E-state index in [2.05, 4.69) is 15.9 Å². The lowest BCUT2D eigenvalue weighted by Crippen LogP contribution is -2.20. The Morgan fingerprint density at radius 2 is 2.27 bits per heavy atom. The van der Waals surface area contributed by atoms with Gasteiger partial charge < -0.3 is 15.6 Å². The van der Waals surface area contributed by atoms with Gasteiger partial charge in [-0.25, -0.2) is 0 Å². The molecule has 0 amide bonds. The Labute approximate surface area is 98.4 Å². The van der Waals surface area contributed by atoms with Gasteiger partial charge in [0.2, 0.25) is 0 Å². The number of hydrogen-bond donors (Lipinski definition) is 2. The summed E-state index contributed by atoms with van der Waals surface area (Å²) in [7, 11) is 0. The largest absolute Gasteiger partial charge is 0.494 e. The molecule has 1 aromatic rings. The highest BCUT2D eigenvalue weighted by Crippen LogP contribution is 2.18. The van der Waals surface area contributed by atoms with E-state index < -0.39 is 0 Å². The predicted molar refractivity (Wildman–Crippen MR) is 63.9 cm³/mol. The summed E-state index contributed by atoms with van der Waals surface area (Å²) >= 11 is 3.37. The van der Waals surface area contributed by atoms with E-state index >= 15 is 0 Å². The summed E-state index contributed by atoms with van der Waals surface area (Å²) in [6, 6.07) is 7.69. The molecule has 0 saturated carbocycles. The van der Waals surface area contributed by atoms with Crippen molar-refractivity contribution in [2.45, 2.75) is 6.42 Å². The molecule has 0 spiro atoms. The summed E-state index contributed by atoms with van der Waals surface area (Å²) in [5.74, 6) is 0.968. The third kappa shape index (κ3) is 4.64. The molecule has 0 aliphatic rings. The maximum atomic E-state index is 8.92. The van der Waals surface area contributed by atoms with Crippen LogP contribution in [0.2, 0.25) is 0 Å². The molecule has 0 saturated heterocycles. The third-order valence-corrected chi connectivity index (χ3v) is 2.68. The first kappa shape index (κ1) is 12.5. The summed E-state index contributed by atoms with van der Waals surface area (Å²) in [6.07, 6.45) is 0.777. The minimum Gasteiger partial charge on any atom is -0.494 e. The van der Waals surface area contributed by atoms with Gasteiger partial charge in [-0.1, -0.05) is 22.0 Å². The van der Waals surface area contributed by atoms with Crippen molar-refractivity contribution in [2.75, 3.05) is 19.8 Å². The van der Waals surface area contributed by atoms with Crippen LogP contribution in [0.1, 0.15) is 6.42 Å². The second-order valence-electron chi connectivity index (χ2n) is 3.38. The molecule has 0 heterocycles. The molecule has 0 aromatic heterocycles. The lowest BCUT2D eigenvalue weighted by Gasteiger charge is -2.12. The van der Waals surface area contributed by atoms with Crippen molar-refractivity contribution in [3.05, 3.63) is 28.7 Å². The van der Waals surface area contributed by atoms with Crippen molar-refractivity contribution in [1.82, 2.24) is 0 Å². The topological polar surface area (TPSA) is 55.5 Å². The van der Waals surface area contributed by atoms with Crippen LogP contribution in [0.5, 0.6) is 5.75 Å². The van der Waals surface area contributed by atoms with E-state index in [1.165, 1.54) is 0 Å². The Balaban J connectivity index is 2.31. The fourth-order valence-corrected chi connectivity index (χ4v) is 1.56. The number of aliphatic hydroxyl groups excluding tert-OH is 1. The Bertz CT molecular complexity index is 290. The Kier molecular flexibility index (Phi) is 5.68. The first-order valence-corrected chi connectivity index (χ1v) is 5.75. The maximum Gasteiger partial charge on any atom is 0.120 e. The average Bonchev–Trinajstić information content (AvgIpc) is 2.25. The fraction of sp³-hybridized carbons (Fsp3) is 0.455. The van der Waals surface area contributed by atoms with Gasteiger partial charge in [-0.15, -0.1) is 0 Å². The molecule has 0 fully saturated rings. The molecule has 0 aliphatic carbocycles. The number of hydrogen-bond acceptors (Lipinski definition) is 3. The minimum atomic E-state index is 0.123. The Hall–Kier alpha value is -0.580. The summed E-state index contributed by atoms with van der Waals surface area (Å²) in [5.41, 5.74) is 5.46. The number of nitrogens with two attached hydrogens (primary N) is 1. The van der Waals surface area contributed by atoms with Crippen molar-refractivity contribution in [3.63, 3.8) is 0 Å². The van der Waals surface area contributed by atoms with Crippen molar-refractivity contribution in [3.8, 4) is 5.75 Å². The minimum absolute atomic E-state index is 0.123. The first-order valence-electron chi connectivity index (χ1n) is 4.95. The van der Waals surface area contributed by atoms with E-state index in [4.69, 9.17) is 15.6 Å². The zero-order valence-corrected chi connectivity index (χ0v) is 10.1. The molecule has 3 N–H and O–H groups in total. The van der Waals surface area contributed by atoms with E-state index in [1.54, 1.807) is 0 Å². The van der Waals surface area contributed by atoms with Gasteiger partial charge in [-0.3, -0.25) is 0 Å². The van der Waals surface area contributed by atoms with E-state index in [0.717, 1.165) is 16.6 Å². The number of ether oxygens (including phenoxy) is 1. The zero-order valence-electron chi connectivity index (χ0n) is 8.53. The first-order chi connectivity index (χ1) is 7.26. The summed E-state index contributed by atoms with van der Waals surface area (Å²) < 4.78 is 6.52. The van der Waals surface area contributed by atoms with Gasteiger partial charge in [-0.05, 0) is 37.1 Å². The van der Waals surface area contributed by atoms with Crippen molar-refractivity contribution in [2.24, 2.45) is 11.7 Å². The second kappa shape index (κ2) is 6.82. The lowest BCUT2D eigenvalue weighted by molar-refractivity contribution is 0.195. The standard InChI is InChI=1S/C11H16BrNO2/c12-10-2-1-3-11(6-10)15-5-4-9(7-13)8-14/h1-3,6,9,14H,4-5,7-8,13H2. The number of benzene rings is 1. The van der Waals surface area contributed by atoms with E-state index in [0.29, 0.717) is 13.2 Å². The summed E-state index contributed by atoms with van der Waals surface area (Å²) in [5, 5.41) is 8.92. The highest BCUT2D eigenvalue weighted by Gasteiger charge is 2.04. The molecule has 1 unspecified atom stereocenters. The average molecular weight is 274 g/mol. The molecule has 84 valence electrons. The molecule has 1 aromatic carbocycles. The molecule has 0 aliphatic heterocycles. The van der Waals surface area contributed by atoms with Gasteiger partial charge in [0.05, 0.1) is 6.61 Å². The van der Waals surface area contributed by atoms with Gasteiger partial charge in [0.15, 0.2) is 0 Å². The molecule has 0 radical (unpaired) electrons. The van der Waals surface area contributed by atoms with E-state index in [9.17, 15) is 0 Å². The molecule has 1 rings (SSSR count). The van der Waals surface area contributed by atoms with Gasteiger partial charge in [0.1, 0.15) is 5.75 Å². The van der Waals surface area contributed by atoms with Crippen LogP contribution in [-0.4, -0.2) is 24.9 Å². The SMILES string of the molecule is NCC(CO)CCOc1cccc(Br)c1. The van der Waals surface area contributed by atoms with Crippen LogP contribution in [0, 0.1) is 5.92 Å². The van der Waals surface area contributed by atoms with Crippen LogP contribution < -0.4 is 10.5 Å². The molecule has 15 heavy (non-hydrogen) atoms. The number of aliphatic hydroxyl groups is 1. The summed E-state index contributed by atoms with van der Waals surface area (Å²) in [6.45, 7) is 1.20. The smallest absolute Gasteiger partial charge is 0.120 e.